The summed E-state index contributed by atoms with van der Waals surface area (Å²) in [5.41, 5.74) is -0.0643. The third-order valence-corrected chi connectivity index (χ3v) is 4.41. The number of aromatic nitrogens is 2. The molecule has 2 aromatic rings. The highest BCUT2D eigenvalue weighted by Crippen LogP contribution is 2.20. The molecule has 2 heterocycles. The van der Waals surface area contributed by atoms with Gasteiger partial charge in [0.25, 0.3) is 11.5 Å². The number of halogens is 1. The quantitative estimate of drug-likeness (QED) is 0.765. The topological polar surface area (TPSA) is 81.5 Å². The van der Waals surface area contributed by atoms with Crippen LogP contribution >= 0.6 is 0 Å². The Bertz CT molecular complexity index is 895. The van der Waals surface area contributed by atoms with Crippen LogP contribution in [0.2, 0.25) is 0 Å². The van der Waals surface area contributed by atoms with Gasteiger partial charge in [-0.25, -0.2) is 9.18 Å². The Morgan fingerprint density at radius 2 is 1.93 bits per heavy atom. The molecule has 7 nitrogen and oxygen atoms in total. The van der Waals surface area contributed by atoms with E-state index in [0.717, 1.165) is 17.5 Å². The second-order valence-corrected chi connectivity index (χ2v) is 6.21. The number of benzene rings is 1. The highest BCUT2D eigenvalue weighted by molar-refractivity contribution is 5.95. The van der Waals surface area contributed by atoms with Crippen LogP contribution in [-0.2, 0) is 9.53 Å². The van der Waals surface area contributed by atoms with Gasteiger partial charge in [-0.1, -0.05) is 0 Å². The predicted octanol–water partition coefficient (Wildman–Crippen LogP) is 1.93. The molecule has 8 heteroatoms. The van der Waals surface area contributed by atoms with E-state index < -0.39 is 29.3 Å². The van der Waals surface area contributed by atoms with Gasteiger partial charge >= 0.3 is 5.97 Å². The van der Waals surface area contributed by atoms with Gasteiger partial charge in [-0.05, 0) is 56.5 Å². The van der Waals surface area contributed by atoms with E-state index in [4.69, 9.17) is 4.74 Å². The van der Waals surface area contributed by atoms with Crippen LogP contribution in [0.15, 0.2) is 41.2 Å². The summed E-state index contributed by atoms with van der Waals surface area (Å²) in [6.45, 7) is 2.37. The first-order valence-electron chi connectivity index (χ1n) is 8.85. The van der Waals surface area contributed by atoms with Crippen LogP contribution in [0.1, 0.15) is 36.7 Å². The Morgan fingerprint density at radius 3 is 2.63 bits per heavy atom. The lowest BCUT2D eigenvalue weighted by Gasteiger charge is -2.33. The van der Waals surface area contributed by atoms with Crippen molar-refractivity contribution in [2.45, 2.75) is 32.2 Å². The highest BCUT2D eigenvalue weighted by atomic mass is 19.1. The predicted molar refractivity (Wildman–Crippen MR) is 95.1 cm³/mol. The molecule has 1 amide bonds. The molecule has 0 radical (unpaired) electrons. The second-order valence-electron chi connectivity index (χ2n) is 6.21. The fourth-order valence-corrected chi connectivity index (χ4v) is 3.10. The van der Waals surface area contributed by atoms with Crippen molar-refractivity contribution in [2.24, 2.45) is 0 Å². The van der Waals surface area contributed by atoms with Gasteiger partial charge in [0.2, 0.25) is 0 Å². The summed E-state index contributed by atoms with van der Waals surface area (Å²) in [7, 11) is 0. The number of esters is 1. The molecule has 0 bridgehead atoms. The molecule has 27 heavy (non-hydrogen) atoms. The van der Waals surface area contributed by atoms with Crippen LogP contribution in [0.4, 0.5) is 4.39 Å². The van der Waals surface area contributed by atoms with Crippen molar-refractivity contribution < 1.29 is 18.7 Å². The smallest absolute Gasteiger partial charge is 0.328 e. The maximum absolute atomic E-state index is 13.1. The van der Waals surface area contributed by atoms with E-state index >= 15 is 0 Å². The number of nitrogens with zero attached hydrogens (tertiary/aromatic N) is 3. The number of piperidine rings is 1. The number of hydrogen-bond acceptors (Lipinski definition) is 5. The largest absolute Gasteiger partial charge is 0.464 e. The molecule has 1 fully saturated rings. The average Bonchev–Trinajstić information content (AvgIpc) is 2.69. The molecule has 3 rings (SSSR count). The fourth-order valence-electron chi connectivity index (χ4n) is 3.10. The Hall–Kier alpha value is -3.03. The number of rotatable bonds is 4. The minimum absolute atomic E-state index is 0.0372. The lowest BCUT2D eigenvalue weighted by atomic mass is 10.0. The van der Waals surface area contributed by atoms with Crippen LogP contribution in [0, 0.1) is 5.82 Å². The average molecular weight is 373 g/mol. The first-order valence-corrected chi connectivity index (χ1v) is 8.85. The standard InChI is InChI=1S/C19H20FN3O4/c1-2-27-19(26)16-5-3-4-12-22(16)18(25)15-10-11-17(24)23(21-15)14-8-6-13(20)7-9-14/h6-11,16H,2-5,12H2,1H3/t16-/m0/s1. The first-order chi connectivity index (χ1) is 13.0. The first kappa shape index (κ1) is 18.8. The van der Waals surface area contributed by atoms with Crippen molar-refractivity contribution in [1.82, 2.24) is 14.7 Å². The summed E-state index contributed by atoms with van der Waals surface area (Å²) < 4.78 is 19.2. The van der Waals surface area contributed by atoms with Gasteiger partial charge < -0.3 is 9.64 Å². The summed E-state index contributed by atoms with van der Waals surface area (Å²) in [5, 5.41) is 4.13. The number of amides is 1. The Labute approximate surface area is 155 Å². The van der Waals surface area contributed by atoms with Crippen LogP contribution in [0.3, 0.4) is 0 Å². The van der Waals surface area contributed by atoms with E-state index in [0.29, 0.717) is 18.7 Å². The van der Waals surface area contributed by atoms with Crippen molar-refractivity contribution in [3.8, 4) is 5.69 Å². The second kappa shape index (κ2) is 8.11. The van der Waals surface area contributed by atoms with Crippen LogP contribution in [0.5, 0.6) is 0 Å². The van der Waals surface area contributed by atoms with E-state index in [2.05, 4.69) is 5.10 Å². The minimum atomic E-state index is -0.654. The Kier molecular flexibility index (Phi) is 5.63. The van der Waals surface area contributed by atoms with Crippen LogP contribution in [-0.4, -0.2) is 45.8 Å². The Morgan fingerprint density at radius 1 is 1.19 bits per heavy atom. The van der Waals surface area contributed by atoms with Crippen LogP contribution in [0.25, 0.3) is 5.69 Å². The number of likely N-dealkylation sites (tertiary alicyclic amines) is 1. The van der Waals surface area contributed by atoms with Gasteiger partial charge in [-0.15, -0.1) is 0 Å². The molecule has 142 valence electrons. The molecule has 1 aromatic carbocycles. The SMILES string of the molecule is CCOC(=O)[C@@H]1CCCCN1C(=O)c1ccc(=O)n(-c2ccc(F)cc2)n1. The molecule has 0 aliphatic carbocycles. The molecule has 1 saturated heterocycles. The van der Waals surface area contributed by atoms with Gasteiger partial charge in [0.05, 0.1) is 12.3 Å². The van der Waals surface area contributed by atoms with Gasteiger partial charge in [-0.2, -0.15) is 9.78 Å². The molecule has 0 N–H and O–H groups in total. The van der Waals surface area contributed by atoms with Crippen molar-refractivity contribution >= 4 is 11.9 Å². The molecule has 1 aliphatic rings. The molecule has 1 aliphatic heterocycles. The molecular weight excluding hydrogens is 353 g/mol. The monoisotopic (exact) mass is 373 g/mol. The number of carbonyl (C=O) groups excluding carboxylic acids is 2. The van der Waals surface area contributed by atoms with Crippen molar-refractivity contribution in [3.05, 3.63) is 58.3 Å². The highest BCUT2D eigenvalue weighted by Gasteiger charge is 2.34. The van der Waals surface area contributed by atoms with Gasteiger partial charge in [0, 0.05) is 12.6 Å². The number of hydrogen-bond donors (Lipinski definition) is 0. The van der Waals surface area contributed by atoms with Gasteiger partial charge in [0.1, 0.15) is 17.6 Å². The maximum Gasteiger partial charge on any atom is 0.328 e. The Balaban J connectivity index is 1.92. The molecule has 0 unspecified atom stereocenters. The normalized spacial score (nSPS) is 16.8. The van der Waals surface area contributed by atoms with Crippen molar-refractivity contribution in [1.29, 1.82) is 0 Å². The summed E-state index contributed by atoms with van der Waals surface area (Å²) in [6, 6.07) is 7.13. The summed E-state index contributed by atoms with van der Waals surface area (Å²) >= 11 is 0. The zero-order chi connectivity index (χ0) is 19.4. The van der Waals surface area contributed by atoms with E-state index in [1.165, 1.54) is 41.3 Å². The zero-order valence-corrected chi connectivity index (χ0v) is 14.9. The fraction of sp³-hybridized carbons (Fsp3) is 0.368. The molecule has 1 aromatic heterocycles. The van der Waals surface area contributed by atoms with E-state index in [-0.39, 0.29) is 12.3 Å². The van der Waals surface area contributed by atoms with Crippen molar-refractivity contribution in [3.63, 3.8) is 0 Å². The van der Waals surface area contributed by atoms with Crippen molar-refractivity contribution in [2.75, 3.05) is 13.2 Å². The summed E-state index contributed by atoms with van der Waals surface area (Å²) in [4.78, 5) is 38.7. The van der Waals surface area contributed by atoms with Gasteiger partial charge in [0.15, 0.2) is 0 Å². The lowest BCUT2D eigenvalue weighted by molar-refractivity contribution is -0.149. The zero-order valence-electron chi connectivity index (χ0n) is 14.9. The number of carbonyl (C=O) groups is 2. The molecule has 1 atom stereocenters. The summed E-state index contributed by atoms with van der Waals surface area (Å²) in [6.07, 6.45) is 2.14. The van der Waals surface area contributed by atoms with E-state index in [9.17, 15) is 18.8 Å². The lowest BCUT2D eigenvalue weighted by Crippen LogP contribution is -2.49. The van der Waals surface area contributed by atoms with E-state index in [1.54, 1.807) is 6.92 Å². The summed E-state index contributed by atoms with van der Waals surface area (Å²) in [5.74, 6) is -1.31. The molecular formula is C19H20FN3O4. The number of ether oxygens (including phenoxy) is 1. The maximum atomic E-state index is 13.1. The third kappa shape index (κ3) is 4.05. The molecule has 0 spiro atoms. The third-order valence-electron chi connectivity index (χ3n) is 4.41. The molecule has 0 saturated carbocycles. The van der Waals surface area contributed by atoms with Crippen LogP contribution < -0.4 is 5.56 Å². The van der Waals surface area contributed by atoms with E-state index in [1.807, 2.05) is 0 Å². The van der Waals surface area contributed by atoms with Gasteiger partial charge in [-0.3, -0.25) is 9.59 Å². The minimum Gasteiger partial charge on any atom is -0.464 e.